The Labute approximate surface area is 142 Å². The summed E-state index contributed by atoms with van der Waals surface area (Å²) in [6.45, 7) is 8.77. The number of likely N-dealkylation sites (N-methyl/N-ethyl adjacent to an activating group) is 1. The first kappa shape index (κ1) is 17.8. The van der Waals surface area contributed by atoms with Crippen LogP contribution < -0.4 is 15.4 Å². The largest absolute Gasteiger partial charge is 0.497 e. The van der Waals surface area contributed by atoms with E-state index in [9.17, 15) is 9.59 Å². The van der Waals surface area contributed by atoms with Crippen LogP contribution in [0.4, 0.5) is 0 Å². The number of benzene rings is 1. The molecule has 0 aliphatic carbocycles. The molecule has 0 aliphatic rings. The van der Waals surface area contributed by atoms with Gasteiger partial charge < -0.3 is 19.9 Å². The summed E-state index contributed by atoms with van der Waals surface area (Å²) in [7, 11) is 1.60. The van der Waals surface area contributed by atoms with Gasteiger partial charge in [-0.15, -0.1) is 0 Å². The lowest BCUT2D eigenvalue weighted by atomic mass is 10.1. The summed E-state index contributed by atoms with van der Waals surface area (Å²) in [5, 5.41) is 6.32. The number of nitrogens with one attached hydrogen (secondary N) is 2. The van der Waals surface area contributed by atoms with Crippen molar-refractivity contribution in [3.8, 4) is 5.75 Å². The number of carbonyl (C=O) groups is 2. The fraction of sp³-hybridized carbons (Fsp3) is 0.444. The van der Waals surface area contributed by atoms with Crippen molar-refractivity contribution in [3.63, 3.8) is 0 Å². The van der Waals surface area contributed by atoms with Gasteiger partial charge in [0.05, 0.1) is 12.7 Å². The van der Waals surface area contributed by atoms with Crippen LogP contribution in [0, 0.1) is 6.92 Å². The maximum atomic E-state index is 12.8. The molecule has 2 aromatic rings. The molecule has 0 saturated heterocycles. The monoisotopic (exact) mass is 331 g/mol. The third-order valence-corrected chi connectivity index (χ3v) is 4.17. The van der Waals surface area contributed by atoms with Crippen molar-refractivity contribution in [1.29, 1.82) is 0 Å². The first-order valence-electron chi connectivity index (χ1n) is 8.19. The Morgan fingerprint density at radius 3 is 2.58 bits per heavy atom. The van der Waals surface area contributed by atoms with Gasteiger partial charge in [0.25, 0.3) is 5.91 Å². The van der Waals surface area contributed by atoms with Crippen LogP contribution in [0.15, 0.2) is 18.2 Å². The second kappa shape index (κ2) is 7.38. The van der Waals surface area contributed by atoms with E-state index in [1.54, 1.807) is 14.0 Å². The van der Waals surface area contributed by atoms with Gasteiger partial charge in [-0.1, -0.05) is 0 Å². The number of fused-ring (bicyclic) bond motifs is 1. The van der Waals surface area contributed by atoms with E-state index in [0.717, 1.165) is 23.1 Å². The smallest absolute Gasteiger partial charge is 0.254 e. The maximum absolute atomic E-state index is 12.8. The van der Waals surface area contributed by atoms with Crippen molar-refractivity contribution in [2.45, 2.75) is 40.3 Å². The maximum Gasteiger partial charge on any atom is 0.254 e. The Kier molecular flexibility index (Phi) is 5.49. The minimum Gasteiger partial charge on any atom is -0.497 e. The second-order valence-electron chi connectivity index (χ2n) is 5.68. The molecular weight excluding hydrogens is 306 g/mol. The van der Waals surface area contributed by atoms with Crippen LogP contribution in [0.5, 0.6) is 5.75 Å². The summed E-state index contributed by atoms with van der Waals surface area (Å²) in [4.78, 5) is 24.7. The molecule has 0 unspecified atom stereocenters. The van der Waals surface area contributed by atoms with E-state index in [0.29, 0.717) is 17.9 Å². The average molecular weight is 331 g/mol. The summed E-state index contributed by atoms with van der Waals surface area (Å²) in [5.74, 6) is 0.249. The Morgan fingerprint density at radius 2 is 2.00 bits per heavy atom. The lowest BCUT2D eigenvalue weighted by Crippen LogP contribution is -2.44. The molecule has 6 heteroatoms. The van der Waals surface area contributed by atoms with Crippen molar-refractivity contribution in [1.82, 2.24) is 15.2 Å². The zero-order valence-corrected chi connectivity index (χ0v) is 14.9. The van der Waals surface area contributed by atoms with E-state index in [1.807, 2.05) is 39.0 Å². The van der Waals surface area contributed by atoms with E-state index in [-0.39, 0.29) is 11.8 Å². The van der Waals surface area contributed by atoms with Gasteiger partial charge in [-0.2, -0.15) is 0 Å². The van der Waals surface area contributed by atoms with Crippen LogP contribution in [0.2, 0.25) is 0 Å². The van der Waals surface area contributed by atoms with Gasteiger partial charge in [-0.05, 0) is 45.9 Å². The molecule has 2 N–H and O–H groups in total. The molecule has 0 bridgehead atoms. The van der Waals surface area contributed by atoms with Gasteiger partial charge in [0.15, 0.2) is 0 Å². The number of nitrogens with zero attached hydrogens (tertiary/aromatic N) is 1. The molecule has 0 fully saturated rings. The number of methoxy groups -OCH3 is 1. The highest BCUT2D eigenvalue weighted by Crippen LogP contribution is 2.29. The molecule has 24 heavy (non-hydrogen) atoms. The standard InChI is InChI=1S/C18H25N3O3/c1-6-19-17(22)11(3)20-18(23)16-12(4)21(7-2)15-9-8-13(24-5)10-14(15)16/h8-11H,6-7H2,1-5H3,(H,19,22)(H,20,23)/t11-/m1/s1. The molecule has 6 nitrogen and oxygen atoms in total. The normalized spacial score (nSPS) is 12.0. The summed E-state index contributed by atoms with van der Waals surface area (Å²) < 4.78 is 7.37. The second-order valence-corrected chi connectivity index (χ2v) is 5.68. The minimum absolute atomic E-state index is 0.194. The van der Waals surface area contributed by atoms with Crippen LogP contribution in [-0.4, -0.2) is 36.1 Å². The van der Waals surface area contributed by atoms with Crippen molar-refractivity contribution >= 4 is 22.7 Å². The zero-order valence-electron chi connectivity index (χ0n) is 14.9. The molecule has 0 aliphatic heterocycles. The number of aryl methyl sites for hydroxylation is 1. The molecule has 0 spiro atoms. The highest BCUT2D eigenvalue weighted by atomic mass is 16.5. The van der Waals surface area contributed by atoms with Crippen molar-refractivity contribution in [3.05, 3.63) is 29.5 Å². The molecule has 2 rings (SSSR count). The third kappa shape index (κ3) is 3.22. The zero-order chi connectivity index (χ0) is 17.9. The number of aromatic nitrogens is 1. The molecular formula is C18H25N3O3. The first-order valence-corrected chi connectivity index (χ1v) is 8.19. The Balaban J connectivity index is 2.44. The van der Waals surface area contributed by atoms with Gasteiger partial charge >= 0.3 is 0 Å². The van der Waals surface area contributed by atoms with Crippen molar-refractivity contribution in [2.24, 2.45) is 0 Å². The van der Waals surface area contributed by atoms with Crippen molar-refractivity contribution in [2.75, 3.05) is 13.7 Å². The highest BCUT2D eigenvalue weighted by Gasteiger charge is 2.23. The van der Waals surface area contributed by atoms with Crippen LogP contribution in [-0.2, 0) is 11.3 Å². The summed E-state index contributed by atoms with van der Waals surface area (Å²) >= 11 is 0. The topological polar surface area (TPSA) is 72.4 Å². The molecule has 0 radical (unpaired) electrons. The molecule has 1 aromatic heterocycles. The Morgan fingerprint density at radius 1 is 1.29 bits per heavy atom. The number of amides is 2. The molecule has 1 aromatic carbocycles. The third-order valence-electron chi connectivity index (χ3n) is 4.17. The lowest BCUT2D eigenvalue weighted by molar-refractivity contribution is -0.122. The average Bonchev–Trinajstić information content (AvgIpc) is 2.85. The molecule has 0 saturated carbocycles. The van der Waals surface area contributed by atoms with E-state index in [2.05, 4.69) is 15.2 Å². The highest BCUT2D eigenvalue weighted by molar-refractivity contribution is 6.09. The Bertz CT molecular complexity index is 764. The fourth-order valence-corrected chi connectivity index (χ4v) is 2.94. The van der Waals surface area contributed by atoms with Crippen LogP contribution in [0.25, 0.3) is 10.9 Å². The van der Waals surface area contributed by atoms with E-state index < -0.39 is 6.04 Å². The minimum atomic E-state index is -0.595. The van der Waals surface area contributed by atoms with Crippen LogP contribution in [0.3, 0.4) is 0 Å². The quantitative estimate of drug-likeness (QED) is 0.852. The van der Waals surface area contributed by atoms with Crippen molar-refractivity contribution < 1.29 is 14.3 Å². The van der Waals surface area contributed by atoms with E-state index in [4.69, 9.17) is 4.74 Å². The number of rotatable bonds is 6. The van der Waals surface area contributed by atoms with E-state index in [1.165, 1.54) is 0 Å². The SMILES string of the molecule is CCNC(=O)[C@@H](C)NC(=O)c1c(C)n(CC)c2ccc(OC)cc12. The predicted octanol–water partition coefficient (Wildman–Crippen LogP) is 2.23. The number of carbonyl (C=O) groups excluding carboxylic acids is 2. The van der Waals surface area contributed by atoms with Crippen LogP contribution >= 0.6 is 0 Å². The van der Waals surface area contributed by atoms with Gasteiger partial charge in [0, 0.05) is 29.7 Å². The number of hydrogen-bond donors (Lipinski definition) is 2. The fourth-order valence-electron chi connectivity index (χ4n) is 2.94. The van der Waals surface area contributed by atoms with Crippen LogP contribution in [0.1, 0.15) is 36.8 Å². The van der Waals surface area contributed by atoms with Gasteiger partial charge in [0.2, 0.25) is 5.91 Å². The molecule has 2 amide bonds. The molecule has 1 heterocycles. The van der Waals surface area contributed by atoms with E-state index >= 15 is 0 Å². The molecule has 130 valence electrons. The first-order chi connectivity index (χ1) is 11.4. The number of ether oxygens (including phenoxy) is 1. The lowest BCUT2D eigenvalue weighted by Gasteiger charge is -2.13. The summed E-state index contributed by atoms with van der Waals surface area (Å²) in [6.07, 6.45) is 0. The molecule has 1 atom stereocenters. The predicted molar refractivity (Wildman–Crippen MR) is 94.5 cm³/mol. The Hall–Kier alpha value is -2.50. The number of hydrogen-bond acceptors (Lipinski definition) is 3. The summed E-state index contributed by atoms with van der Waals surface area (Å²) in [5.41, 5.74) is 2.44. The van der Waals surface area contributed by atoms with Gasteiger partial charge in [0.1, 0.15) is 11.8 Å². The van der Waals surface area contributed by atoms with Gasteiger partial charge in [-0.25, -0.2) is 0 Å². The van der Waals surface area contributed by atoms with Gasteiger partial charge in [-0.3, -0.25) is 9.59 Å². The summed E-state index contributed by atoms with van der Waals surface area (Å²) in [6, 6.07) is 5.10.